The Bertz CT molecular complexity index is 617. The Hall–Kier alpha value is -0.840. The Labute approximate surface area is 127 Å². The molecule has 2 atom stereocenters. The standard InChI is InChI=1S/C15H17ClN2OS/c16-9-4-5-14-13(6-9)15(18-20-14)19-12-7-10-2-1-3-11(8-12)17-10/h4-6,10-12,17H,1-3,7-8H2. The van der Waals surface area contributed by atoms with Gasteiger partial charge in [-0.1, -0.05) is 18.0 Å². The number of benzene rings is 1. The quantitative estimate of drug-likeness (QED) is 0.910. The van der Waals surface area contributed by atoms with Crippen molar-refractivity contribution in [2.45, 2.75) is 50.3 Å². The minimum atomic E-state index is 0.288. The second-order valence-electron chi connectivity index (χ2n) is 5.83. The topological polar surface area (TPSA) is 34.1 Å². The molecule has 0 spiro atoms. The summed E-state index contributed by atoms with van der Waals surface area (Å²) in [5.41, 5.74) is 0. The van der Waals surface area contributed by atoms with E-state index < -0.39 is 0 Å². The first-order valence-corrected chi connectivity index (χ1v) is 8.41. The second-order valence-corrected chi connectivity index (χ2v) is 7.07. The van der Waals surface area contributed by atoms with E-state index in [0.29, 0.717) is 12.1 Å². The second kappa shape index (κ2) is 5.17. The van der Waals surface area contributed by atoms with Crippen LogP contribution < -0.4 is 10.1 Å². The fraction of sp³-hybridized carbons (Fsp3) is 0.533. The summed E-state index contributed by atoms with van der Waals surface area (Å²) in [4.78, 5) is 0. The zero-order chi connectivity index (χ0) is 13.5. The summed E-state index contributed by atoms with van der Waals surface area (Å²) >= 11 is 7.56. The molecule has 2 unspecified atom stereocenters. The number of hydrogen-bond acceptors (Lipinski definition) is 4. The molecule has 5 heteroatoms. The van der Waals surface area contributed by atoms with Crippen molar-refractivity contribution in [2.75, 3.05) is 0 Å². The summed E-state index contributed by atoms with van der Waals surface area (Å²) in [5, 5.41) is 5.48. The van der Waals surface area contributed by atoms with Gasteiger partial charge < -0.3 is 10.1 Å². The van der Waals surface area contributed by atoms with Gasteiger partial charge in [0, 0.05) is 17.1 Å². The van der Waals surface area contributed by atoms with Crippen LogP contribution in [0, 0.1) is 0 Å². The van der Waals surface area contributed by atoms with Crippen LogP contribution in [0.15, 0.2) is 18.2 Å². The third-order valence-corrected chi connectivity index (χ3v) is 5.39. The van der Waals surface area contributed by atoms with E-state index in [4.69, 9.17) is 16.3 Å². The molecular weight excluding hydrogens is 292 g/mol. The molecule has 3 heterocycles. The molecule has 0 aliphatic carbocycles. The first-order valence-electron chi connectivity index (χ1n) is 7.25. The number of fused-ring (bicyclic) bond motifs is 3. The summed E-state index contributed by atoms with van der Waals surface area (Å²) in [6.45, 7) is 0. The predicted molar refractivity (Wildman–Crippen MR) is 82.8 cm³/mol. The van der Waals surface area contributed by atoms with E-state index in [1.807, 2.05) is 18.2 Å². The lowest BCUT2D eigenvalue weighted by Crippen LogP contribution is -2.51. The predicted octanol–water partition coefficient (Wildman–Crippen LogP) is 4.00. The molecular formula is C15H17ClN2OS. The summed E-state index contributed by atoms with van der Waals surface area (Å²) in [6, 6.07) is 7.12. The number of rotatable bonds is 2. The van der Waals surface area contributed by atoms with Crippen molar-refractivity contribution in [3.63, 3.8) is 0 Å². The van der Waals surface area contributed by atoms with Gasteiger partial charge >= 0.3 is 0 Å². The largest absolute Gasteiger partial charge is 0.473 e. The van der Waals surface area contributed by atoms with Crippen LogP contribution in [0.5, 0.6) is 5.88 Å². The highest BCUT2D eigenvalue weighted by molar-refractivity contribution is 7.13. The molecule has 1 aromatic heterocycles. The van der Waals surface area contributed by atoms with Crippen LogP contribution in [0.3, 0.4) is 0 Å². The molecule has 1 aromatic carbocycles. The molecule has 2 fully saturated rings. The van der Waals surface area contributed by atoms with Gasteiger partial charge in [0.05, 0.1) is 10.1 Å². The molecule has 20 heavy (non-hydrogen) atoms. The van der Waals surface area contributed by atoms with Crippen LogP contribution in [0.4, 0.5) is 0 Å². The molecule has 2 aliphatic heterocycles. The highest BCUT2D eigenvalue weighted by Gasteiger charge is 2.32. The van der Waals surface area contributed by atoms with Crippen molar-refractivity contribution in [1.29, 1.82) is 0 Å². The number of hydrogen-bond donors (Lipinski definition) is 1. The monoisotopic (exact) mass is 308 g/mol. The van der Waals surface area contributed by atoms with Crippen molar-refractivity contribution in [2.24, 2.45) is 0 Å². The first kappa shape index (κ1) is 12.9. The van der Waals surface area contributed by atoms with Crippen LogP contribution in [0.1, 0.15) is 32.1 Å². The van der Waals surface area contributed by atoms with Crippen LogP contribution in [-0.4, -0.2) is 22.6 Å². The molecule has 1 N–H and O–H groups in total. The average Bonchev–Trinajstić information content (AvgIpc) is 2.81. The number of aromatic nitrogens is 1. The highest BCUT2D eigenvalue weighted by atomic mass is 35.5. The van der Waals surface area contributed by atoms with Gasteiger partial charge in [-0.25, -0.2) is 0 Å². The van der Waals surface area contributed by atoms with Gasteiger partial charge in [-0.3, -0.25) is 0 Å². The molecule has 2 aliphatic rings. The maximum Gasteiger partial charge on any atom is 0.233 e. The van der Waals surface area contributed by atoms with Crippen LogP contribution in [-0.2, 0) is 0 Å². The minimum Gasteiger partial charge on any atom is -0.473 e. The van der Waals surface area contributed by atoms with Crippen molar-refractivity contribution < 1.29 is 4.74 Å². The van der Waals surface area contributed by atoms with E-state index in [9.17, 15) is 0 Å². The Morgan fingerprint density at radius 2 is 2.05 bits per heavy atom. The third kappa shape index (κ3) is 2.41. The van der Waals surface area contributed by atoms with Crippen molar-refractivity contribution in [3.05, 3.63) is 23.2 Å². The van der Waals surface area contributed by atoms with Crippen molar-refractivity contribution in [1.82, 2.24) is 9.69 Å². The fourth-order valence-electron chi connectivity index (χ4n) is 3.44. The van der Waals surface area contributed by atoms with E-state index in [0.717, 1.165) is 33.8 Å². The van der Waals surface area contributed by atoms with Crippen molar-refractivity contribution >= 4 is 33.2 Å². The lowest BCUT2D eigenvalue weighted by Gasteiger charge is -2.39. The fourth-order valence-corrected chi connectivity index (χ4v) is 4.31. The van der Waals surface area contributed by atoms with Gasteiger partial charge in [-0.2, -0.15) is 4.37 Å². The molecule has 0 radical (unpaired) electrons. The third-order valence-electron chi connectivity index (χ3n) is 4.35. The van der Waals surface area contributed by atoms with E-state index in [1.165, 1.54) is 30.8 Å². The van der Waals surface area contributed by atoms with Gasteiger partial charge in [-0.15, -0.1) is 0 Å². The molecule has 106 valence electrons. The van der Waals surface area contributed by atoms with Crippen LogP contribution in [0.25, 0.3) is 10.1 Å². The van der Waals surface area contributed by atoms with E-state index >= 15 is 0 Å². The Balaban J connectivity index is 1.56. The van der Waals surface area contributed by atoms with Crippen molar-refractivity contribution in [3.8, 4) is 5.88 Å². The van der Waals surface area contributed by atoms with Gasteiger partial charge in [0.1, 0.15) is 6.10 Å². The zero-order valence-electron chi connectivity index (χ0n) is 11.1. The maximum atomic E-state index is 6.20. The van der Waals surface area contributed by atoms with Gasteiger partial charge in [0.15, 0.2) is 0 Å². The minimum absolute atomic E-state index is 0.288. The van der Waals surface area contributed by atoms with E-state index in [1.54, 1.807) is 0 Å². The SMILES string of the molecule is Clc1ccc2snc(OC3CC4CCCC(C3)N4)c2c1. The lowest BCUT2D eigenvalue weighted by atomic mass is 9.85. The Morgan fingerprint density at radius 3 is 2.85 bits per heavy atom. The summed E-state index contributed by atoms with van der Waals surface area (Å²) in [6.07, 6.45) is 6.38. The summed E-state index contributed by atoms with van der Waals surface area (Å²) in [7, 11) is 0. The average molecular weight is 309 g/mol. The van der Waals surface area contributed by atoms with E-state index in [-0.39, 0.29) is 6.10 Å². The summed E-state index contributed by atoms with van der Waals surface area (Å²) < 4.78 is 11.8. The number of ether oxygens (including phenoxy) is 1. The number of nitrogens with zero attached hydrogens (tertiary/aromatic N) is 1. The molecule has 0 amide bonds. The normalized spacial score (nSPS) is 29.6. The highest BCUT2D eigenvalue weighted by Crippen LogP contribution is 2.34. The molecule has 2 bridgehead atoms. The summed E-state index contributed by atoms with van der Waals surface area (Å²) in [5.74, 6) is 0.762. The lowest BCUT2D eigenvalue weighted by molar-refractivity contribution is 0.0911. The first-order chi connectivity index (χ1) is 9.78. The Kier molecular flexibility index (Phi) is 3.33. The zero-order valence-corrected chi connectivity index (χ0v) is 12.7. The smallest absolute Gasteiger partial charge is 0.233 e. The number of halogens is 1. The van der Waals surface area contributed by atoms with Gasteiger partial charge in [-0.05, 0) is 55.4 Å². The van der Waals surface area contributed by atoms with E-state index in [2.05, 4.69) is 9.69 Å². The Morgan fingerprint density at radius 1 is 1.25 bits per heavy atom. The van der Waals surface area contributed by atoms with Gasteiger partial charge in [0.2, 0.25) is 5.88 Å². The molecule has 2 saturated heterocycles. The molecule has 3 nitrogen and oxygen atoms in total. The van der Waals surface area contributed by atoms with Crippen LogP contribution >= 0.6 is 23.1 Å². The molecule has 0 saturated carbocycles. The van der Waals surface area contributed by atoms with Gasteiger partial charge in [0.25, 0.3) is 0 Å². The molecule has 4 rings (SSSR count). The number of piperidine rings is 2. The number of nitrogens with one attached hydrogen (secondary N) is 1. The molecule has 2 aromatic rings. The maximum absolute atomic E-state index is 6.20. The van der Waals surface area contributed by atoms with Crippen LogP contribution in [0.2, 0.25) is 5.02 Å².